The SMILES string of the molecule is CC(C)(C)OC(=O)NC(CCCCNC(=O)OCc1ccccc1)C(=O)c1ccccn1. The van der Waals surface area contributed by atoms with Crippen LogP contribution in [0, 0.1) is 0 Å². The summed E-state index contributed by atoms with van der Waals surface area (Å²) in [5.41, 5.74) is 0.509. The summed E-state index contributed by atoms with van der Waals surface area (Å²) in [6, 6.07) is 13.7. The van der Waals surface area contributed by atoms with Gasteiger partial charge in [-0.25, -0.2) is 9.59 Å². The molecule has 1 unspecified atom stereocenters. The molecule has 1 atom stereocenters. The number of Topliss-reactive ketones (excluding diaryl/α,β-unsaturated/α-hetero) is 1. The zero-order valence-corrected chi connectivity index (χ0v) is 18.8. The normalized spacial score (nSPS) is 11.8. The Morgan fingerprint density at radius 2 is 1.69 bits per heavy atom. The molecular formula is C24H31N3O5. The lowest BCUT2D eigenvalue weighted by molar-refractivity contribution is 0.0487. The second kappa shape index (κ2) is 12.4. The maximum atomic E-state index is 12.8. The Bertz CT molecular complexity index is 866. The lowest BCUT2D eigenvalue weighted by Crippen LogP contribution is -2.43. The second-order valence-electron chi connectivity index (χ2n) is 8.26. The number of carbonyl (C=O) groups excluding carboxylic acids is 3. The maximum Gasteiger partial charge on any atom is 0.408 e. The number of hydrogen-bond donors (Lipinski definition) is 2. The van der Waals surface area contributed by atoms with Crippen molar-refractivity contribution in [1.82, 2.24) is 15.6 Å². The lowest BCUT2D eigenvalue weighted by atomic mass is 10.0. The van der Waals surface area contributed by atoms with E-state index in [0.717, 1.165) is 5.56 Å². The van der Waals surface area contributed by atoms with E-state index in [9.17, 15) is 14.4 Å². The Hall–Kier alpha value is -3.42. The fourth-order valence-corrected chi connectivity index (χ4v) is 2.84. The van der Waals surface area contributed by atoms with Crippen molar-refractivity contribution in [3.8, 4) is 0 Å². The molecule has 0 spiro atoms. The number of pyridine rings is 1. The van der Waals surface area contributed by atoms with E-state index in [2.05, 4.69) is 15.6 Å². The van der Waals surface area contributed by atoms with E-state index in [-0.39, 0.29) is 18.1 Å². The minimum Gasteiger partial charge on any atom is -0.445 e. The summed E-state index contributed by atoms with van der Waals surface area (Å²) in [6.45, 7) is 5.86. The topological polar surface area (TPSA) is 107 Å². The van der Waals surface area contributed by atoms with Gasteiger partial charge in [0.2, 0.25) is 5.78 Å². The van der Waals surface area contributed by atoms with Gasteiger partial charge in [0, 0.05) is 12.7 Å². The first-order valence-corrected chi connectivity index (χ1v) is 10.6. The Labute approximate surface area is 188 Å². The van der Waals surface area contributed by atoms with Crippen LogP contribution in [0.4, 0.5) is 9.59 Å². The summed E-state index contributed by atoms with van der Waals surface area (Å²) < 4.78 is 10.4. The van der Waals surface area contributed by atoms with Crippen molar-refractivity contribution in [3.05, 3.63) is 66.0 Å². The third-order valence-corrected chi connectivity index (χ3v) is 4.33. The van der Waals surface area contributed by atoms with Crippen molar-refractivity contribution in [2.45, 2.75) is 58.3 Å². The molecule has 32 heavy (non-hydrogen) atoms. The van der Waals surface area contributed by atoms with Crippen molar-refractivity contribution in [2.75, 3.05) is 6.54 Å². The molecule has 0 bridgehead atoms. The van der Waals surface area contributed by atoms with Crippen molar-refractivity contribution in [2.24, 2.45) is 0 Å². The molecule has 0 radical (unpaired) electrons. The molecule has 0 saturated carbocycles. The van der Waals surface area contributed by atoms with Gasteiger partial charge in [-0.2, -0.15) is 0 Å². The quantitative estimate of drug-likeness (QED) is 0.422. The third kappa shape index (κ3) is 9.59. The van der Waals surface area contributed by atoms with Crippen LogP contribution < -0.4 is 10.6 Å². The maximum absolute atomic E-state index is 12.8. The van der Waals surface area contributed by atoms with Crippen LogP contribution in [0.5, 0.6) is 0 Å². The number of alkyl carbamates (subject to hydrolysis) is 2. The van der Waals surface area contributed by atoms with Gasteiger partial charge in [0.1, 0.15) is 17.9 Å². The van der Waals surface area contributed by atoms with Gasteiger partial charge in [-0.15, -0.1) is 0 Å². The lowest BCUT2D eigenvalue weighted by Gasteiger charge is -2.23. The van der Waals surface area contributed by atoms with Gasteiger partial charge < -0.3 is 20.1 Å². The van der Waals surface area contributed by atoms with Gasteiger partial charge in [0.25, 0.3) is 0 Å². The number of amides is 2. The number of nitrogens with zero attached hydrogens (tertiary/aromatic N) is 1. The number of nitrogens with one attached hydrogen (secondary N) is 2. The molecule has 1 aromatic heterocycles. The molecule has 0 aliphatic rings. The number of ether oxygens (including phenoxy) is 2. The van der Waals surface area contributed by atoms with Crippen LogP contribution in [0.2, 0.25) is 0 Å². The molecule has 0 saturated heterocycles. The van der Waals surface area contributed by atoms with Crippen molar-refractivity contribution in [3.63, 3.8) is 0 Å². The van der Waals surface area contributed by atoms with Crippen LogP contribution in [0.3, 0.4) is 0 Å². The zero-order valence-electron chi connectivity index (χ0n) is 18.8. The molecule has 2 N–H and O–H groups in total. The molecule has 1 aromatic carbocycles. The Morgan fingerprint density at radius 1 is 0.969 bits per heavy atom. The summed E-state index contributed by atoms with van der Waals surface area (Å²) in [5, 5.41) is 5.34. The molecule has 0 aliphatic carbocycles. The third-order valence-electron chi connectivity index (χ3n) is 4.33. The van der Waals surface area contributed by atoms with Gasteiger partial charge in [-0.05, 0) is 57.7 Å². The van der Waals surface area contributed by atoms with Crippen LogP contribution in [0.15, 0.2) is 54.7 Å². The largest absolute Gasteiger partial charge is 0.445 e. The van der Waals surface area contributed by atoms with E-state index in [1.54, 1.807) is 39.0 Å². The Kier molecular flexibility index (Phi) is 9.66. The van der Waals surface area contributed by atoms with E-state index < -0.39 is 23.8 Å². The molecule has 1 heterocycles. The number of benzene rings is 1. The number of aromatic nitrogens is 1. The van der Waals surface area contributed by atoms with Crippen molar-refractivity contribution in [1.29, 1.82) is 0 Å². The Balaban J connectivity index is 1.79. The van der Waals surface area contributed by atoms with E-state index in [1.165, 1.54) is 6.20 Å². The highest BCUT2D eigenvalue weighted by atomic mass is 16.6. The van der Waals surface area contributed by atoms with E-state index in [0.29, 0.717) is 25.8 Å². The first-order valence-electron chi connectivity index (χ1n) is 10.6. The molecule has 8 nitrogen and oxygen atoms in total. The molecule has 2 amide bonds. The predicted molar refractivity (Wildman–Crippen MR) is 120 cm³/mol. The first-order chi connectivity index (χ1) is 15.2. The first kappa shape index (κ1) is 24.8. The van der Waals surface area contributed by atoms with Crippen LogP contribution in [0.25, 0.3) is 0 Å². The molecule has 2 rings (SSSR count). The number of unbranched alkanes of at least 4 members (excludes halogenated alkanes) is 1. The molecule has 2 aromatic rings. The van der Waals surface area contributed by atoms with Gasteiger partial charge in [0.15, 0.2) is 0 Å². The summed E-state index contributed by atoms with van der Waals surface area (Å²) in [4.78, 5) is 40.9. The van der Waals surface area contributed by atoms with E-state index >= 15 is 0 Å². The van der Waals surface area contributed by atoms with E-state index in [4.69, 9.17) is 9.47 Å². The van der Waals surface area contributed by atoms with Crippen LogP contribution in [-0.4, -0.2) is 41.1 Å². The minimum absolute atomic E-state index is 0.202. The highest BCUT2D eigenvalue weighted by Gasteiger charge is 2.25. The van der Waals surface area contributed by atoms with Crippen LogP contribution in [-0.2, 0) is 16.1 Å². The highest BCUT2D eigenvalue weighted by molar-refractivity contribution is 5.99. The summed E-state index contributed by atoms with van der Waals surface area (Å²) in [7, 11) is 0. The standard InChI is InChI=1S/C24H31N3O5/c1-24(2,3)32-23(30)27-20(21(28)19-13-7-9-15-25-19)14-8-10-16-26-22(29)31-17-18-11-5-4-6-12-18/h4-7,9,11-13,15,20H,8,10,14,16-17H2,1-3H3,(H,26,29)(H,27,30). The monoisotopic (exact) mass is 441 g/mol. The highest BCUT2D eigenvalue weighted by Crippen LogP contribution is 2.11. The number of ketones is 1. The fraction of sp³-hybridized carbons (Fsp3) is 0.417. The van der Waals surface area contributed by atoms with Crippen LogP contribution in [0.1, 0.15) is 56.1 Å². The molecule has 0 fully saturated rings. The molecule has 8 heteroatoms. The predicted octanol–water partition coefficient (Wildman–Crippen LogP) is 4.25. The number of carbonyl (C=O) groups is 3. The summed E-state index contributed by atoms with van der Waals surface area (Å²) >= 11 is 0. The minimum atomic E-state index is -0.773. The number of hydrogen-bond acceptors (Lipinski definition) is 6. The Morgan fingerprint density at radius 3 is 2.34 bits per heavy atom. The fourth-order valence-electron chi connectivity index (χ4n) is 2.84. The molecule has 172 valence electrons. The average Bonchev–Trinajstić information content (AvgIpc) is 2.76. The molecule has 0 aliphatic heterocycles. The van der Waals surface area contributed by atoms with Gasteiger partial charge in [0.05, 0.1) is 6.04 Å². The van der Waals surface area contributed by atoms with E-state index in [1.807, 2.05) is 30.3 Å². The van der Waals surface area contributed by atoms with Gasteiger partial charge in [-0.1, -0.05) is 36.4 Å². The summed E-state index contributed by atoms with van der Waals surface area (Å²) in [6.07, 6.45) is 1.97. The van der Waals surface area contributed by atoms with Crippen molar-refractivity contribution < 1.29 is 23.9 Å². The smallest absolute Gasteiger partial charge is 0.408 e. The van der Waals surface area contributed by atoms with Crippen molar-refractivity contribution >= 4 is 18.0 Å². The zero-order chi connectivity index (χ0) is 23.4. The molecular weight excluding hydrogens is 410 g/mol. The van der Waals surface area contributed by atoms with Gasteiger partial charge in [-0.3, -0.25) is 9.78 Å². The number of rotatable bonds is 10. The second-order valence-corrected chi connectivity index (χ2v) is 8.26. The average molecular weight is 442 g/mol. The van der Waals surface area contributed by atoms with Gasteiger partial charge >= 0.3 is 12.2 Å². The summed E-state index contributed by atoms with van der Waals surface area (Å²) in [5.74, 6) is -0.285. The van der Waals surface area contributed by atoms with Crippen LogP contribution >= 0.6 is 0 Å².